The van der Waals surface area contributed by atoms with Crippen LogP contribution in [0.1, 0.15) is 13.3 Å². The summed E-state index contributed by atoms with van der Waals surface area (Å²) in [6.45, 7) is 1.82. The van der Waals surface area contributed by atoms with E-state index in [1.165, 1.54) is 0 Å². The first-order valence-corrected chi connectivity index (χ1v) is 12.2. The van der Waals surface area contributed by atoms with Gasteiger partial charge in [-0.1, -0.05) is 54.7 Å². The minimum atomic E-state index is -2.21. The highest BCUT2D eigenvalue weighted by Crippen LogP contribution is 2.69. The van der Waals surface area contributed by atoms with Crippen molar-refractivity contribution in [3.63, 3.8) is 0 Å². The molecular weight excluding hydrogens is 556 g/mol. The van der Waals surface area contributed by atoms with Gasteiger partial charge in [0, 0.05) is 34.5 Å². The van der Waals surface area contributed by atoms with E-state index in [2.05, 4.69) is 47.8 Å². The normalized spacial score (nSPS) is 11.9. The van der Waals surface area contributed by atoms with Gasteiger partial charge in [0.25, 0.3) is 0 Å². The molecule has 0 bridgehead atoms. The summed E-state index contributed by atoms with van der Waals surface area (Å²) in [4.78, 5) is 15.4. The minimum Gasteiger partial charge on any atom is -0.402 e. The molecule has 3 aromatic carbocycles. The van der Waals surface area contributed by atoms with E-state index < -0.39 is 10.3 Å². The van der Waals surface area contributed by atoms with Gasteiger partial charge in [-0.15, -0.1) is 0 Å². The Kier molecular flexibility index (Phi) is 6.84. The molecule has 140 valence electrons. The third kappa shape index (κ3) is 4.50. The summed E-state index contributed by atoms with van der Waals surface area (Å²) in [7, 11) is -2.21. The molecule has 3 aromatic rings. The first kappa shape index (κ1) is 20.6. The number of rotatable bonds is 5. The van der Waals surface area contributed by atoms with Crippen LogP contribution < -0.4 is 0 Å². The molecule has 3 rings (SSSR count). The molecule has 0 spiro atoms. The third-order valence-corrected chi connectivity index (χ3v) is 8.77. The number of halogens is 3. The SMILES string of the molecule is CCC(=O)OS(c1ccc(Br)cc1)(c1ccc(Br)cc1)c1ccc(Br)cc1. The average Bonchev–Trinajstić information content (AvgIpc) is 2.68. The standard InChI is InChI=1S/C21H17Br3O2S/c1-2-21(25)26-27(18-9-3-15(22)4-10-18,19-11-5-16(23)6-12-19)20-13-7-17(24)8-14-20/h3-14H,2H2,1H3. The molecule has 0 aliphatic rings. The van der Waals surface area contributed by atoms with Crippen molar-refractivity contribution in [3.8, 4) is 0 Å². The largest absolute Gasteiger partial charge is 0.402 e. The minimum absolute atomic E-state index is 0.223. The van der Waals surface area contributed by atoms with Crippen molar-refractivity contribution in [2.24, 2.45) is 0 Å². The van der Waals surface area contributed by atoms with Crippen molar-refractivity contribution in [3.05, 3.63) is 86.2 Å². The number of carbonyl (C=O) groups is 1. The van der Waals surface area contributed by atoms with Crippen LogP contribution in [0, 0.1) is 0 Å². The van der Waals surface area contributed by atoms with Gasteiger partial charge in [0.15, 0.2) is 0 Å². The predicted octanol–water partition coefficient (Wildman–Crippen LogP) is 8.12. The predicted molar refractivity (Wildman–Crippen MR) is 121 cm³/mol. The summed E-state index contributed by atoms with van der Waals surface area (Å²) in [6.07, 6.45) is 0.318. The van der Waals surface area contributed by atoms with Crippen molar-refractivity contribution in [2.45, 2.75) is 28.0 Å². The second-order valence-electron chi connectivity index (χ2n) is 5.73. The smallest absolute Gasteiger partial charge is 0.316 e. The molecule has 0 aliphatic carbocycles. The average molecular weight is 573 g/mol. The Morgan fingerprint density at radius 1 is 0.704 bits per heavy atom. The lowest BCUT2D eigenvalue weighted by molar-refractivity contribution is -0.133. The van der Waals surface area contributed by atoms with Crippen LogP contribution in [-0.2, 0) is 8.98 Å². The molecule has 0 heterocycles. The van der Waals surface area contributed by atoms with Crippen LogP contribution in [-0.4, -0.2) is 5.97 Å². The van der Waals surface area contributed by atoms with Gasteiger partial charge in [0.05, 0.1) is 0 Å². The first-order valence-electron chi connectivity index (χ1n) is 8.28. The van der Waals surface area contributed by atoms with Crippen molar-refractivity contribution in [2.75, 3.05) is 0 Å². The van der Waals surface area contributed by atoms with Gasteiger partial charge in [0.1, 0.15) is 0 Å². The van der Waals surface area contributed by atoms with E-state index in [1.54, 1.807) is 0 Å². The van der Waals surface area contributed by atoms with Crippen molar-refractivity contribution < 1.29 is 8.98 Å². The van der Waals surface area contributed by atoms with Gasteiger partial charge in [-0.05, 0) is 83.1 Å². The topological polar surface area (TPSA) is 26.3 Å². The van der Waals surface area contributed by atoms with E-state index in [0.29, 0.717) is 6.42 Å². The van der Waals surface area contributed by atoms with Crippen LogP contribution in [0.5, 0.6) is 0 Å². The van der Waals surface area contributed by atoms with Crippen molar-refractivity contribution >= 4 is 64.1 Å². The molecule has 0 saturated heterocycles. The lowest BCUT2D eigenvalue weighted by Crippen LogP contribution is -2.13. The van der Waals surface area contributed by atoms with Gasteiger partial charge >= 0.3 is 5.97 Å². The fourth-order valence-corrected chi connectivity index (χ4v) is 6.48. The number of hydrogen-bond donors (Lipinski definition) is 0. The van der Waals surface area contributed by atoms with Crippen LogP contribution in [0.2, 0.25) is 0 Å². The molecule has 0 aliphatic heterocycles. The third-order valence-electron chi connectivity index (χ3n) is 3.94. The maximum absolute atomic E-state index is 12.5. The molecule has 0 aromatic heterocycles. The van der Waals surface area contributed by atoms with E-state index in [0.717, 1.165) is 28.1 Å². The summed E-state index contributed by atoms with van der Waals surface area (Å²) in [6, 6.07) is 24.0. The zero-order chi connectivity index (χ0) is 19.4. The molecule has 0 atom stereocenters. The molecule has 0 fully saturated rings. The highest BCUT2D eigenvalue weighted by Gasteiger charge is 2.35. The van der Waals surface area contributed by atoms with Crippen LogP contribution in [0.15, 0.2) is 101 Å². The fraction of sp³-hybridized carbons (Fsp3) is 0.0952. The Morgan fingerprint density at radius 3 is 1.26 bits per heavy atom. The van der Waals surface area contributed by atoms with Crippen molar-refractivity contribution in [1.82, 2.24) is 0 Å². The molecular formula is C21H17Br3O2S. The molecule has 0 saturated carbocycles. The second kappa shape index (κ2) is 8.95. The van der Waals surface area contributed by atoms with Crippen LogP contribution >= 0.6 is 58.1 Å². The molecule has 0 amide bonds. The van der Waals surface area contributed by atoms with Crippen molar-refractivity contribution in [1.29, 1.82) is 0 Å². The Hall–Kier alpha value is -1.08. The number of carbonyl (C=O) groups excluding carboxylic acids is 1. The van der Waals surface area contributed by atoms with E-state index in [-0.39, 0.29) is 5.97 Å². The van der Waals surface area contributed by atoms with Gasteiger partial charge in [-0.3, -0.25) is 4.79 Å². The van der Waals surface area contributed by atoms with E-state index >= 15 is 0 Å². The van der Waals surface area contributed by atoms with Gasteiger partial charge in [0.2, 0.25) is 0 Å². The van der Waals surface area contributed by atoms with Gasteiger partial charge < -0.3 is 4.18 Å². The zero-order valence-corrected chi connectivity index (χ0v) is 20.1. The Bertz CT molecular complexity index is 812. The van der Waals surface area contributed by atoms with E-state index in [1.807, 2.05) is 79.7 Å². The number of benzene rings is 3. The number of hydrogen-bond acceptors (Lipinski definition) is 2. The molecule has 0 unspecified atom stereocenters. The summed E-state index contributed by atoms with van der Waals surface area (Å²) in [5.74, 6) is -0.223. The Labute approximate surface area is 186 Å². The van der Waals surface area contributed by atoms with Crippen LogP contribution in [0.3, 0.4) is 0 Å². The Morgan fingerprint density at radius 2 is 1.00 bits per heavy atom. The molecule has 2 nitrogen and oxygen atoms in total. The molecule has 0 N–H and O–H groups in total. The lowest BCUT2D eigenvalue weighted by atomic mass is 10.4. The monoisotopic (exact) mass is 570 g/mol. The fourth-order valence-electron chi connectivity index (χ4n) is 2.63. The second-order valence-corrected chi connectivity index (χ2v) is 11.2. The lowest BCUT2D eigenvalue weighted by Gasteiger charge is -2.39. The first-order chi connectivity index (χ1) is 13.0. The summed E-state index contributed by atoms with van der Waals surface area (Å²) < 4.78 is 9.20. The maximum atomic E-state index is 12.5. The van der Waals surface area contributed by atoms with E-state index in [4.69, 9.17) is 4.18 Å². The molecule has 0 radical (unpaired) electrons. The summed E-state index contributed by atoms with van der Waals surface area (Å²) >= 11 is 10.5. The van der Waals surface area contributed by atoms with Crippen LogP contribution in [0.25, 0.3) is 0 Å². The quantitative estimate of drug-likeness (QED) is 0.308. The van der Waals surface area contributed by atoms with Gasteiger partial charge in [-0.25, -0.2) is 0 Å². The summed E-state index contributed by atoms with van der Waals surface area (Å²) in [5.41, 5.74) is 0. The zero-order valence-electron chi connectivity index (χ0n) is 14.5. The molecule has 27 heavy (non-hydrogen) atoms. The Balaban J connectivity index is 2.32. The summed E-state index contributed by atoms with van der Waals surface area (Å²) in [5, 5.41) is 0. The van der Waals surface area contributed by atoms with Gasteiger partial charge in [-0.2, -0.15) is 0 Å². The highest BCUT2D eigenvalue weighted by molar-refractivity contribution is 9.11. The van der Waals surface area contributed by atoms with E-state index in [9.17, 15) is 4.79 Å². The highest BCUT2D eigenvalue weighted by atomic mass is 79.9. The molecule has 6 heteroatoms. The van der Waals surface area contributed by atoms with Crippen LogP contribution in [0.4, 0.5) is 0 Å². The maximum Gasteiger partial charge on any atom is 0.316 e.